The molecule has 0 radical (unpaired) electrons. The first-order chi connectivity index (χ1) is 9.89. The normalized spacial score (nSPS) is 19.4. The highest BCUT2D eigenvalue weighted by Crippen LogP contribution is 2.25. The Morgan fingerprint density at radius 3 is 2.86 bits per heavy atom. The number of hydrogen-bond donors (Lipinski definition) is 2. The zero-order chi connectivity index (χ0) is 15.5. The first-order valence-corrected chi connectivity index (χ1v) is 9.33. The lowest BCUT2D eigenvalue weighted by molar-refractivity contribution is 0.0117. The number of sulfonamides is 1. The molecule has 0 aliphatic carbocycles. The summed E-state index contributed by atoms with van der Waals surface area (Å²) < 4.78 is 28.3. The minimum absolute atomic E-state index is 0.0447. The molecule has 0 aromatic carbocycles. The van der Waals surface area contributed by atoms with E-state index in [-0.39, 0.29) is 16.2 Å². The maximum absolute atomic E-state index is 12.1. The molecule has 1 saturated heterocycles. The number of carbonyl (C=O) groups excluding carboxylic acids is 1. The molecular formula is C13H20N2O4S2. The van der Waals surface area contributed by atoms with Gasteiger partial charge in [0.25, 0.3) is 5.91 Å². The van der Waals surface area contributed by atoms with E-state index in [4.69, 9.17) is 9.88 Å². The van der Waals surface area contributed by atoms with Gasteiger partial charge in [0.05, 0.1) is 11.7 Å². The number of rotatable bonds is 5. The highest BCUT2D eigenvalue weighted by atomic mass is 32.2. The molecule has 1 fully saturated rings. The summed E-state index contributed by atoms with van der Waals surface area (Å²) in [6.45, 7) is 2.90. The second-order valence-corrected chi connectivity index (χ2v) is 7.78. The van der Waals surface area contributed by atoms with Crippen molar-refractivity contribution in [2.24, 2.45) is 5.14 Å². The van der Waals surface area contributed by atoms with Gasteiger partial charge < -0.3 is 10.1 Å². The van der Waals surface area contributed by atoms with E-state index in [0.29, 0.717) is 17.7 Å². The van der Waals surface area contributed by atoms with E-state index in [2.05, 4.69) is 5.32 Å². The fraction of sp³-hybridized carbons (Fsp3) is 0.615. The van der Waals surface area contributed by atoms with E-state index < -0.39 is 10.0 Å². The van der Waals surface area contributed by atoms with E-state index in [1.165, 1.54) is 11.8 Å². The van der Waals surface area contributed by atoms with Crippen LogP contribution in [-0.2, 0) is 14.8 Å². The quantitative estimate of drug-likeness (QED) is 0.851. The molecule has 6 nitrogen and oxygen atoms in total. The number of nitrogens with two attached hydrogens (primary N) is 1. The highest BCUT2D eigenvalue weighted by Gasteiger charge is 2.21. The van der Waals surface area contributed by atoms with Crippen molar-refractivity contribution in [2.45, 2.75) is 42.9 Å². The lowest BCUT2D eigenvalue weighted by Gasteiger charge is -2.22. The first-order valence-electron chi connectivity index (χ1n) is 6.90. The maximum atomic E-state index is 12.1. The van der Waals surface area contributed by atoms with Gasteiger partial charge in [-0.1, -0.05) is 0 Å². The monoisotopic (exact) mass is 332 g/mol. The van der Waals surface area contributed by atoms with Crippen molar-refractivity contribution >= 4 is 27.3 Å². The number of nitrogens with one attached hydrogen (secondary N) is 1. The molecule has 1 aromatic rings. The van der Waals surface area contributed by atoms with Gasteiger partial charge >= 0.3 is 0 Å². The molecule has 118 valence electrons. The molecule has 1 amide bonds. The average Bonchev–Trinajstić information content (AvgIpc) is 2.81. The number of ether oxygens (including phenoxy) is 1. The smallest absolute Gasteiger partial charge is 0.252 e. The van der Waals surface area contributed by atoms with Crippen LogP contribution in [0.2, 0.25) is 0 Å². The molecule has 0 bridgehead atoms. The van der Waals surface area contributed by atoms with Crippen LogP contribution in [0.15, 0.2) is 9.59 Å². The Balaban J connectivity index is 1.90. The maximum Gasteiger partial charge on any atom is 0.252 e. The Hall–Kier alpha value is -0.960. The van der Waals surface area contributed by atoms with Crippen LogP contribution in [0.1, 0.15) is 41.6 Å². The summed E-state index contributed by atoms with van der Waals surface area (Å²) in [5, 5.41) is 9.44. The van der Waals surface area contributed by atoms with Crippen LogP contribution in [0.25, 0.3) is 0 Å². The molecule has 8 heteroatoms. The van der Waals surface area contributed by atoms with Crippen LogP contribution < -0.4 is 10.5 Å². The Kier molecular flexibility index (Phi) is 5.37. The summed E-state index contributed by atoms with van der Waals surface area (Å²) in [5.41, 5.74) is 0.780. The van der Waals surface area contributed by atoms with Gasteiger partial charge in [0.1, 0.15) is 4.21 Å². The van der Waals surface area contributed by atoms with Gasteiger partial charge in [-0.25, -0.2) is 13.6 Å². The molecule has 2 rings (SSSR count). The number of amides is 1. The molecule has 1 aliphatic heterocycles. The van der Waals surface area contributed by atoms with Crippen molar-refractivity contribution in [3.8, 4) is 0 Å². The SMILES string of the molecule is Cc1c(C(=O)NCCC2CCCCO2)csc1S(N)(=O)=O. The Bertz CT molecular complexity index is 604. The molecule has 0 spiro atoms. The second kappa shape index (κ2) is 6.87. The lowest BCUT2D eigenvalue weighted by Crippen LogP contribution is -2.29. The van der Waals surface area contributed by atoms with E-state index in [1.54, 1.807) is 6.92 Å². The summed E-state index contributed by atoms with van der Waals surface area (Å²) in [6.07, 6.45) is 4.29. The predicted molar refractivity (Wildman–Crippen MR) is 81.0 cm³/mol. The van der Waals surface area contributed by atoms with Crippen LogP contribution in [0, 0.1) is 6.92 Å². The van der Waals surface area contributed by atoms with Crippen molar-refractivity contribution in [1.82, 2.24) is 5.32 Å². The Morgan fingerprint density at radius 1 is 1.52 bits per heavy atom. The van der Waals surface area contributed by atoms with E-state index >= 15 is 0 Å². The largest absolute Gasteiger partial charge is 0.378 e. The summed E-state index contributed by atoms with van der Waals surface area (Å²) in [4.78, 5) is 12.1. The summed E-state index contributed by atoms with van der Waals surface area (Å²) >= 11 is 0.974. The van der Waals surface area contributed by atoms with Crippen LogP contribution in [0.4, 0.5) is 0 Å². The zero-order valence-electron chi connectivity index (χ0n) is 11.9. The van der Waals surface area contributed by atoms with Crippen molar-refractivity contribution in [1.29, 1.82) is 0 Å². The van der Waals surface area contributed by atoms with E-state index in [9.17, 15) is 13.2 Å². The predicted octanol–water partition coefficient (Wildman–Crippen LogP) is 1.39. The van der Waals surface area contributed by atoms with Gasteiger partial charge in [0.2, 0.25) is 10.0 Å². The lowest BCUT2D eigenvalue weighted by atomic mass is 10.1. The van der Waals surface area contributed by atoms with Crippen molar-refractivity contribution in [2.75, 3.05) is 13.2 Å². The number of primary sulfonamides is 1. The van der Waals surface area contributed by atoms with Gasteiger partial charge in [0.15, 0.2) is 0 Å². The van der Waals surface area contributed by atoms with Gasteiger partial charge in [0, 0.05) is 18.5 Å². The Morgan fingerprint density at radius 2 is 2.29 bits per heavy atom. The van der Waals surface area contributed by atoms with Crippen LogP contribution in [0.3, 0.4) is 0 Å². The molecule has 1 atom stereocenters. The molecular weight excluding hydrogens is 312 g/mol. The molecule has 21 heavy (non-hydrogen) atoms. The fourth-order valence-corrected chi connectivity index (χ4v) is 4.39. The summed E-state index contributed by atoms with van der Waals surface area (Å²) in [6, 6.07) is 0. The molecule has 2 heterocycles. The third kappa shape index (κ3) is 4.26. The molecule has 1 aliphatic rings. The first kappa shape index (κ1) is 16.4. The van der Waals surface area contributed by atoms with Crippen LogP contribution in [0.5, 0.6) is 0 Å². The van der Waals surface area contributed by atoms with Gasteiger partial charge in [-0.2, -0.15) is 0 Å². The third-order valence-electron chi connectivity index (χ3n) is 3.52. The number of carbonyl (C=O) groups is 1. The third-order valence-corrected chi connectivity index (χ3v) is 6.21. The second-order valence-electron chi connectivity index (χ2n) is 5.14. The van der Waals surface area contributed by atoms with Crippen molar-refractivity contribution in [3.63, 3.8) is 0 Å². The average molecular weight is 332 g/mol. The molecule has 3 N–H and O–H groups in total. The van der Waals surface area contributed by atoms with Gasteiger partial charge in [-0.05, 0) is 38.2 Å². The van der Waals surface area contributed by atoms with Crippen LogP contribution >= 0.6 is 11.3 Å². The molecule has 0 saturated carbocycles. The van der Waals surface area contributed by atoms with Gasteiger partial charge in [-0.3, -0.25) is 4.79 Å². The van der Waals surface area contributed by atoms with Crippen molar-refractivity contribution < 1.29 is 17.9 Å². The Labute approximate surface area is 128 Å². The minimum atomic E-state index is -3.77. The zero-order valence-corrected chi connectivity index (χ0v) is 13.6. The molecule has 1 unspecified atom stereocenters. The van der Waals surface area contributed by atoms with E-state index in [0.717, 1.165) is 37.2 Å². The van der Waals surface area contributed by atoms with Crippen molar-refractivity contribution in [3.05, 3.63) is 16.5 Å². The summed E-state index contributed by atoms with van der Waals surface area (Å²) in [7, 11) is -3.77. The number of thiophene rings is 1. The molecule has 1 aromatic heterocycles. The topological polar surface area (TPSA) is 98.5 Å². The van der Waals surface area contributed by atoms with Gasteiger partial charge in [-0.15, -0.1) is 11.3 Å². The minimum Gasteiger partial charge on any atom is -0.378 e. The standard InChI is InChI=1S/C13H20N2O4S2/c1-9-11(8-20-13(9)21(14,17)18)12(16)15-6-5-10-4-2-3-7-19-10/h8,10H,2-7H2,1H3,(H,15,16)(H2,14,17,18). The highest BCUT2D eigenvalue weighted by molar-refractivity contribution is 7.91. The fourth-order valence-electron chi connectivity index (χ4n) is 2.38. The number of hydrogen-bond acceptors (Lipinski definition) is 5. The summed E-state index contributed by atoms with van der Waals surface area (Å²) in [5.74, 6) is -0.269. The van der Waals surface area contributed by atoms with E-state index in [1.807, 2.05) is 0 Å². The van der Waals surface area contributed by atoms with Crippen LogP contribution in [-0.4, -0.2) is 33.6 Å².